The van der Waals surface area contributed by atoms with E-state index >= 15 is 0 Å². The van der Waals surface area contributed by atoms with Crippen molar-refractivity contribution in [2.45, 2.75) is 46.8 Å². The van der Waals surface area contributed by atoms with Crippen molar-refractivity contribution in [2.75, 3.05) is 26.3 Å². The fourth-order valence-corrected chi connectivity index (χ4v) is 1.49. The summed E-state index contributed by atoms with van der Waals surface area (Å²) in [6.45, 7) is 11.8. The van der Waals surface area contributed by atoms with Crippen LogP contribution in [-0.4, -0.2) is 67.8 Å². The highest BCUT2D eigenvalue weighted by Crippen LogP contribution is 1.97. The normalized spacial score (nSPS) is 14.1. The van der Waals surface area contributed by atoms with Crippen LogP contribution < -0.4 is 5.73 Å². The molecule has 0 aliphatic rings. The summed E-state index contributed by atoms with van der Waals surface area (Å²) in [7, 11) is 0. The minimum atomic E-state index is -0.610. The van der Waals surface area contributed by atoms with Crippen molar-refractivity contribution >= 4 is 29.3 Å². The number of carbonyl (C=O) groups is 3. The van der Waals surface area contributed by atoms with E-state index in [0.717, 1.165) is 0 Å². The van der Waals surface area contributed by atoms with Crippen LogP contribution in [0.15, 0.2) is 22.1 Å². The number of hydrogen-bond donors (Lipinski definition) is 1. The Morgan fingerprint density at radius 3 is 2.11 bits per heavy atom. The molecule has 2 unspecified atom stereocenters. The van der Waals surface area contributed by atoms with E-state index in [4.69, 9.17) is 19.9 Å². The van der Waals surface area contributed by atoms with Crippen LogP contribution in [0.4, 0.5) is 0 Å². The topological polar surface area (TPSA) is 130 Å². The van der Waals surface area contributed by atoms with E-state index in [1.54, 1.807) is 13.8 Å². The first-order valence-electron chi connectivity index (χ1n) is 8.53. The molecule has 0 saturated carbocycles. The maximum atomic E-state index is 11.9. The number of esters is 3. The number of nitrogens with zero attached hydrogens (tertiary/aromatic N) is 2. The molecule has 0 aromatic heterocycles. The molecule has 9 nitrogen and oxygen atoms in total. The van der Waals surface area contributed by atoms with E-state index in [0.29, 0.717) is 5.57 Å². The molecule has 0 bridgehead atoms. The summed E-state index contributed by atoms with van der Waals surface area (Å²) >= 11 is 0. The maximum absolute atomic E-state index is 11.9. The van der Waals surface area contributed by atoms with E-state index in [1.165, 1.54) is 20.8 Å². The Bertz CT molecular complexity index is 610. The Morgan fingerprint density at radius 2 is 1.56 bits per heavy atom. The summed E-state index contributed by atoms with van der Waals surface area (Å²) in [5.74, 6) is -1.68. The molecule has 0 aromatic carbocycles. The summed E-state index contributed by atoms with van der Waals surface area (Å²) in [5.41, 5.74) is 6.11. The maximum Gasteiger partial charge on any atom is 0.352 e. The zero-order valence-corrected chi connectivity index (χ0v) is 16.6. The molecule has 0 fully saturated rings. The van der Waals surface area contributed by atoms with E-state index in [-0.39, 0.29) is 43.8 Å². The lowest BCUT2D eigenvalue weighted by Crippen LogP contribution is -2.27. The predicted octanol–water partition coefficient (Wildman–Crippen LogP) is 0.850. The van der Waals surface area contributed by atoms with Crippen LogP contribution in [0.25, 0.3) is 0 Å². The van der Waals surface area contributed by atoms with Gasteiger partial charge < -0.3 is 19.9 Å². The number of hydrogen-bond acceptors (Lipinski definition) is 9. The van der Waals surface area contributed by atoms with E-state index < -0.39 is 24.0 Å². The average molecular weight is 383 g/mol. The second kappa shape index (κ2) is 12.7. The van der Waals surface area contributed by atoms with Crippen molar-refractivity contribution in [3.05, 3.63) is 12.2 Å². The van der Waals surface area contributed by atoms with Gasteiger partial charge in [-0.1, -0.05) is 6.58 Å². The Balaban J connectivity index is 4.33. The molecule has 152 valence electrons. The van der Waals surface area contributed by atoms with Crippen molar-refractivity contribution in [3.8, 4) is 0 Å². The zero-order chi connectivity index (χ0) is 21.0. The quantitative estimate of drug-likeness (QED) is 0.184. The second-order valence-corrected chi connectivity index (χ2v) is 6.10. The lowest BCUT2D eigenvalue weighted by molar-refractivity contribution is -0.139. The average Bonchev–Trinajstić information content (AvgIpc) is 2.60. The van der Waals surface area contributed by atoms with Gasteiger partial charge in [-0.3, -0.25) is 9.98 Å². The first-order chi connectivity index (χ1) is 12.5. The summed E-state index contributed by atoms with van der Waals surface area (Å²) in [5, 5.41) is 0. The smallest absolute Gasteiger partial charge is 0.352 e. The summed E-state index contributed by atoms with van der Waals surface area (Å²) in [4.78, 5) is 42.8. The fraction of sp³-hybridized carbons (Fsp3) is 0.611. The highest BCUT2D eigenvalue weighted by atomic mass is 16.5. The van der Waals surface area contributed by atoms with Crippen molar-refractivity contribution in [2.24, 2.45) is 15.7 Å². The predicted molar refractivity (Wildman–Crippen MR) is 102 cm³/mol. The molecule has 0 aliphatic carbocycles. The molecule has 0 saturated heterocycles. The molecule has 0 aliphatic heterocycles. The van der Waals surface area contributed by atoms with Crippen LogP contribution in [0, 0.1) is 0 Å². The number of rotatable bonds is 11. The molecule has 2 N–H and O–H groups in total. The van der Waals surface area contributed by atoms with Gasteiger partial charge in [-0.15, -0.1) is 0 Å². The van der Waals surface area contributed by atoms with Gasteiger partial charge in [0.1, 0.15) is 30.7 Å². The number of aliphatic imine (C=N–C) groups is 2. The molecule has 9 heteroatoms. The van der Waals surface area contributed by atoms with Gasteiger partial charge in [-0.2, -0.15) is 0 Å². The fourth-order valence-electron chi connectivity index (χ4n) is 1.49. The van der Waals surface area contributed by atoms with Crippen molar-refractivity contribution in [3.63, 3.8) is 0 Å². The van der Waals surface area contributed by atoms with Crippen LogP contribution in [0.3, 0.4) is 0 Å². The van der Waals surface area contributed by atoms with Crippen molar-refractivity contribution in [1.82, 2.24) is 0 Å². The van der Waals surface area contributed by atoms with Crippen LogP contribution >= 0.6 is 0 Å². The molecule has 0 heterocycles. The third kappa shape index (κ3) is 11.6. The van der Waals surface area contributed by atoms with Crippen LogP contribution in [0.2, 0.25) is 0 Å². The molecule has 0 aromatic rings. The molecule has 0 radical (unpaired) electrons. The minimum absolute atomic E-state index is 0.0406. The third-order valence-corrected chi connectivity index (χ3v) is 2.98. The second-order valence-electron chi connectivity index (χ2n) is 6.10. The molecular formula is C18H29N3O6. The summed E-state index contributed by atoms with van der Waals surface area (Å²) in [6.07, 6.45) is -0.555. The molecule has 0 spiro atoms. The van der Waals surface area contributed by atoms with Gasteiger partial charge in [0.05, 0.1) is 13.1 Å². The van der Waals surface area contributed by atoms with Gasteiger partial charge >= 0.3 is 17.9 Å². The van der Waals surface area contributed by atoms with Gasteiger partial charge in [0.15, 0.2) is 0 Å². The van der Waals surface area contributed by atoms with Crippen LogP contribution in [-0.2, 0) is 28.6 Å². The lowest BCUT2D eigenvalue weighted by Gasteiger charge is -2.12. The van der Waals surface area contributed by atoms with Crippen molar-refractivity contribution < 1.29 is 28.6 Å². The monoisotopic (exact) mass is 383 g/mol. The SMILES string of the molecule is C=C(C)C(=O)OCCN=C(C)C(=O)OC(C)CN=C(C)C(=O)OCC(C)N. The molecular weight excluding hydrogens is 354 g/mol. The Kier molecular flexibility index (Phi) is 11.5. The van der Waals surface area contributed by atoms with E-state index in [1.807, 2.05) is 0 Å². The molecule has 0 amide bonds. The largest absolute Gasteiger partial charge is 0.460 e. The number of ether oxygens (including phenoxy) is 3. The number of carbonyl (C=O) groups excluding carboxylic acids is 3. The van der Waals surface area contributed by atoms with Gasteiger partial charge in [0.2, 0.25) is 0 Å². The Morgan fingerprint density at radius 1 is 0.963 bits per heavy atom. The summed E-state index contributed by atoms with van der Waals surface area (Å²) < 4.78 is 15.0. The highest BCUT2D eigenvalue weighted by molar-refractivity contribution is 6.36. The lowest BCUT2D eigenvalue weighted by atomic mass is 10.3. The van der Waals surface area contributed by atoms with Gasteiger partial charge in [-0.25, -0.2) is 14.4 Å². The Hall–Kier alpha value is -2.55. The Labute approximate surface area is 159 Å². The first kappa shape index (κ1) is 24.5. The van der Waals surface area contributed by atoms with E-state index in [9.17, 15) is 14.4 Å². The standard InChI is InChI=1S/C18H29N3O6/c1-11(2)16(22)25-8-7-20-15(6)18(24)27-13(4)9-21-14(5)17(23)26-10-12(3)19/h12-13H,1,7-10,19H2,2-6H3. The highest BCUT2D eigenvalue weighted by Gasteiger charge is 2.14. The van der Waals surface area contributed by atoms with Gasteiger partial charge in [0, 0.05) is 11.6 Å². The van der Waals surface area contributed by atoms with Crippen LogP contribution in [0.5, 0.6) is 0 Å². The van der Waals surface area contributed by atoms with Gasteiger partial charge in [-0.05, 0) is 34.6 Å². The molecule has 27 heavy (non-hydrogen) atoms. The number of nitrogens with two attached hydrogens (primary N) is 1. The zero-order valence-electron chi connectivity index (χ0n) is 16.6. The first-order valence-corrected chi connectivity index (χ1v) is 8.53. The molecule has 2 atom stereocenters. The van der Waals surface area contributed by atoms with Crippen LogP contribution in [0.1, 0.15) is 34.6 Å². The minimum Gasteiger partial charge on any atom is -0.460 e. The van der Waals surface area contributed by atoms with Crippen molar-refractivity contribution in [1.29, 1.82) is 0 Å². The van der Waals surface area contributed by atoms with E-state index in [2.05, 4.69) is 16.6 Å². The molecule has 0 rings (SSSR count). The third-order valence-electron chi connectivity index (χ3n) is 2.98. The summed E-state index contributed by atoms with van der Waals surface area (Å²) in [6, 6.07) is -0.256. The van der Waals surface area contributed by atoms with Gasteiger partial charge in [0.25, 0.3) is 0 Å².